The summed E-state index contributed by atoms with van der Waals surface area (Å²) in [6.07, 6.45) is 0.118. The minimum Gasteiger partial charge on any atom is -0.508 e. The van der Waals surface area contributed by atoms with Gasteiger partial charge in [0.1, 0.15) is 28.6 Å². The first-order valence-electron chi connectivity index (χ1n) is 7.75. The second-order valence-corrected chi connectivity index (χ2v) is 6.06. The number of rotatable bonds is 6. The Kier molecular flexibility index (Phi) is 7.61. The van der Waals surface area contributed by atoms with Crippen LogP contribution in [0.2, 0.25) is 0 Å². The molecular weight excluding hydrogens is 366 g/mol. The monoisotopic (exact) mass is 386 g/mol. The largest absolute Gasteiger partial charge is 0.567 e. The predicted octanol–water partition coefficient (Wildman–Crippen LogP) is 4.09. The Morgan fingerprint density at radius 1 is 1.08 bits per heavy atom. The average Bonchev–Trinajstić information content (AvgIpc) is 2.54. The van der Waals surface area contributed by atoms with Gasteiger partial charge in [-0.3, -0.25) is 9.69 Å². The first-order chi connectivity index (χ1) is 12.2. The van der Waals surface area contributed by atoms with Gasteiger partial charge in [-0.25, -0.2) is 4.57 Å². The van der Waals surface area contributed by atoms with Crippen molar-refractivity contribution in [3.63, 3.8) is 0 Å². The van der Waals surface area contributed by atoms with Crippen molar-refractivity contribution in [2.24, 2.45) is 0 Å². The molecule has 2 rings (SSSR count). The van der Waals surface area contributed by atoms with E-state index in [2.05, 4.69) is 4.52 Å². The van der Waals surface area contributed by atoms with Crippen LogP contribution in [0, 0.1) is 0 Å². The van der Waals surface area contributed by atoms with Gasteiger partial charge in [0.05, 0.1) is 0 Å². The Hall–Kier alpha value is -2.57. The van der Waals surface area contributed by atoms with E-state index in [0.29, 0.717) is 0 Å². The zero-order valence-corrected chi connectivity index (χ0v) is 15.1. The van der Waals surface area contributed by atoms with Gasteiger partial charge in [0, 0.05) is 18.6 Å². The van der Waals surface area contributed by atoms with Crippen LogP contribution >= 0.6 is 7.91 Å². The highest BCUT2D eigenvalue weighted by molar-refractivity contribution is 7.47. The van der Waals surface area contributed by atoms with E-state index in [1.807, 2.05) is 13.8 Å². The van der Waals surface area contributed by atoms with Crippen LogP contribution in [-0.4, -0.2) is 26.0 Å². The summed E-state index contributed by atoms with van der Waals surface area (Å²) in [4.78, 5) is 20.9. The first kappa shape index (κ1) is 21.5. The van der Waals surface area contributed by atoms with Crippen LogP contribution in [0.15, 0.2) is 36.4 Å². The molecule has 0 amide bonds. The number of phenols is 3. The fourth-order valence-electron chi connectivity index (χ4n) is 2.11. The van der Waals surface area contributed by atoms with Crippen LogP contribution in [0.5, 0.6) is 23.0 Å². The number of aromatic hydroxyl groups is 3. The van der Waals surface area contributed by atoms with Crippen molar-refractivity contribution in [2.45, 2.75) is 26.7 Å². The zero-order chi connectivity index (χ0) is 19.9. The molecule has 1 unspecified atom stereocenters. The van der Waals surface area contributed by atoms with Crippen molar-refractivity contribution in [3.05, 3.63) is 47.5 Å². The van der Waals surface area contributed by atoms with Crippen LogP contribution in [-0.2, 0) is 11.0 Å². The summed E-state index contributed by atoms with van der Waals surface area (Å²) >= 11 is 0. The minimum atomic E-state index is -5.48. The standard InChI is InChI=1S/C15H14FO7P.C2H6/c16-24(21,22)23-14-8-11(18)7-13(20)15(14)12(19)6-3-9-1-4-10(17)5-2-9;1-2/h1-2,4-5,7-8,17-18,20H,3,6H2,(H,21,22);1-2H3. The minimum absolute atomic E-state index is 0.0681. The van der Waals surface area contributed by atoms with Gasteiger partial charge in [-0.2, -0.15) is 0 Å². The van der Waals surface area contributed by atoms with Crippen LogP contribution in [0.1, 0.15) is 36.2 Å². The van der Waals surface area contributed by atoms with Gasteiger partial charge >= 0.3 is 7.91 Å². The average molecular weight is 386 g/mol. The molecule has 7 nitrogen and oxygen atoms in total. The normalized spacial score (nSPS) is 12.5. The number of aryl methyl sites for hydroxylation is 1. The molecule has 0 aromatic heterocycles. The van der Waals surface area contributed by atoms with Crippen molar-refractivity contribution >= 4 is 13.7 Å². The second kappa shape index (κ2) is 9.22. The lowest BCUT2D eigenvalue weighted by Gasteiger charge is -2.12. The molecule has 0 aliphatic rings. The summed E-state index contributed by atoms with van der Waals surface area (Å²) in [5.74, 6) is -2.60. The number of phenolic OH excluding ortho intramolecular Hbond substituents is 3. The number of benzene rings is 2. The summed E-state index contributed by atoms with van der Waals surface area (Å²) in [7, 11) is -5.48. The fraction of sp³-hybridized carbons (Fsp3) is 0.235. The molecule has 1 atom stereocenters. The molecule has 0 radical (unpaired) electrons. The van der Waals surface area contributed by atoms with Gasteiger partial charge in [0.25, 0.3) is 0 Å². The van der Waals surface area contributed by atoms with E-state index in [1.165, 1.54) is 12.1 Å². The number of Topliss-reactive ketones (excluding diaryl/α,β-unsaturated/α-hetero) is 1. The van der Waals surface area contributed by atoms with E-state index < -0.39 is 36.5 Å². The number of hydrogen-bond donors (Lipinski definition) is 4. The van der Waals surface area contributed by atoms with Gasteiger partial charge in [-0.05, 0) is 24.1 Å². The summed E-state index contributed by atoms with van der Waals surface area (Å²) in [5.41, 5.74) is 0.221. The molecule has 0 saturated carbocycles. The summed E-state index contributed by atoms with van der Waals surface area (Å²) in [6, 6.07) is 7.67. The van der Waals surface area contributed by atoms with Crippen LogP contribution < -0.4 is 4.52 Å². The highest BCUT2D eigenvalue weighted by Gasteiger charge is 2.26. The molecule has 0 heterocycles. The van der Waals surface area contributed by atoms with Gasteiger partial charge in [0.15, 0.2) is 5.78 Å². The molecule has 0 fully saturated rings. The van der Waals surface area contributed by atoms with E-state index in [1.54, 1.807) is 12.1 Å². The molecule has 9 heteroatoms. The number of carbonyl (C=O) groups excluding carboxylic acids is 1. The molecule has 2 aromatic rings. The fourth-order valence-corrected chi connectivity index (χ4v) is 2.49. The van der Waals surface area contributed by atoms with E-state index in [0.717, 1.165) is 17.7 Å². The van der Waals surface area contributed by atoms with E-state index >= 15 is 0 Å². The molecule has 4 N–H and O–H groups in total. The maximum atomic E-state index is 12.9. The lowest BCUT2D eigenvalue weighted by molar-refractivity contribution is 0.0978. The summed E-state index contributed by atoms with van der Waals surface area (Å²) < 4.78 is 27.8. The Balaban J connectivity index is 0.00000163. The lowest BCUT2D eigenvalue weighted by Crippen LogP contribution is -2.04. The van der Waals surface area contributed by atoms with Crippen molar-refractivity contribution in [1.29, 1.82) is 0 Å². The van der Waals surface area contributed by atoms with Crippen molar-refractivity contribution < 1.29 is 38.3 Å². The third-order valence-corrected chi connectivity index (χ3v) is 3.55. The van der Waals surface area contributed by atoms with E-state index in [9.17, 15) is 28.9 Å². The molecule has 142 valence electrons. The molecule has 0 aliphatic carbocycles. The molecule has 26 heavy (non-hydrogen) atoms. The Morgan fingerprint density at radius 2 is 1.65 bits per heavy atom. The van der Waals surface area contributed by atoms with Crippen LogP contribution in [0.4, 0.5) is 4.20 Å². The highest BCUT2D eigenvalue weighted by Crippen LogP contribution is 2.47. The smallest absolute Gasteiger partial charge is 0.508 e. The summed E-state index contributed by atoms with van der Waals surface area (Å²) in [6.45, 7) is 4.00. The second-order valence-electron chi connectivity index (χ2n) is 4.97. The topological polar surface area (TPSA) is 124 Å². The molecular formula is C17H20FO7P. The lowest BCUT2D eigenvalue weighted by atomic mass is 10.0. The Bertz CT molecular complexity index is 800. The van der Waals surface area contributed by atoms with E-state index in [4.69, 9.17) is 4.89 Å². The zero-order valence-electron chi connectivity index (χ0n) is 14.2. The van der Waals surface area contributed by atoms with Gasteiger partial charge in [-0.15, -0.1) is 4.20 Å². The number of hydrogen-bond acceptors (Lipinski definition) is 6. The van der Waals surface area contributed by atoms with Crippen LogP contribution in [0.25, 0.3) is 0 Å². The highest BCUT2D eigenvalue weighted by atomic mass is 31.2. The van der Waals surface area contributed by atoms with Crippen molar-refractivity contribution in [3.8, 4) is 23.0 Å². The third-order valence-electron chi connectivity index (χ3n) is 3.13. The Labute approximate surface area is 150 Å². The maximum Gasteiger partial charge on any atom is 0.567 e. The predicted molar refractivity (Wildman–Crippen MR) is 93.4 cm³/mol. The molecule has 0 spiro atoms. The van der Waals surface area contributed by atoms with Crippen LogP contribution in [0.3, 0.4) is 0 Å². The molecule has 2 aromatic carbocycles. The van der Waals surface area contributed by atoms with Gasteiger partial charge in [-0.1, -0.05) is 26.0 Å². The third kappa shape index (κ3) is 6.38. The number of carbonyl (C=O) groups is 1. The maximum absolute atomic E-state index is 12.9. The number of halogens is 1. The first-order valence-corrected chi connectivity index (χ1v) is 9.21. The quantitative estimate of drug-likeness (QED) is 0.435. The SMILES string of the molecule is CC.O=C(CCc1ccc(O)cc1)c1c(O)cc(O)cc1OP(=O)(O)F. The number of ketones is 1. The van der Waals surface area contributed by atoms with Crippen molar-refractivity contribution in [1.82, 2.24) is 0 Å². The summed E-state index contributed by atoms with van der Waals surface area (Å²) in [5, 5.41) is 28.3. The van der Waals surface area contributed by atoms with E-state index in [-0.39, 0.29) is 18.6 Å². The van der Waals surface area contributed by atoms with Crippen molar-refractivity contribution in [2.75, 3.05) is 0 Å². The van der Waals surface area contributed by atoms with Gasteiger partial charge < -0.3 is 19.8 Å². The Morgan fingerprint density at radius 3 is 2.19 bits per heavy atom. The van der Waals surface area contributed by atoms with Gasteiger partial charge in [0.2, 0.25) is 0 Å². The molecule has 0 bridgehead atoms. The molecule has 0 aliphatic heterocycles. The molecule has 0 saturated heterocycles.